The van der Waals surface area contributed by atoms with E-state index in [-0.39, 0.29) is 6.23 Å². The summed E-state index contributed by atoms with van der Waals surface area (Å²) in [4.78, 5) is 6.68. The van der Waals surface area contributed by atoms with E-state index in [1.165, 1.54) is 5.56 Å². The van der Waals surface area contributed by atoms with Crippen molar-refractivity contribution in [3.05, 3.63) is 108 Å². The summed E-state index contributed by atoms with van der Waals surface area (Å²) in [6, 6.07) is 26.7. The number of rotatable bonds is 4. The van der Waals surface area contributed by atoms with Gasteiger partial charge in [0, 0.05) is 13.3 Å². The Kier molecular flexibility index (Phi) is 4.63. The molecule has 1 atom stereocenters. The molecule has 2 heterocycles. The largest absolute Gasteiger partial charge is 0.357 e. The van der Waals surface area contributed by atoms with Gasteiger partial charge in [-0.1, -0.05) is 66.7 Å². The van der Waals surface area contributed by atoms with Gasteiger partial charge in [0.25, 0.3) is 0 Å². The van der Waals surface area contributed by atoms with Crippen molar-refractivity contribution in [2.24, 2.45) is 0 Å². The Bertz CT molecular complexity index is 918. The van der Waals surface area contributed by atoms with Crippen LogP contribution in [0.3, 0.4) is 0 Å². The van der Waals surface area contributed by atoms with Crippen LogP contribution in [0.2, 0.25) is 0 Å². The van der Waals surface area contributed by atoms with Crippen LogP contribution in [0.25, 0.3) is 11.3 Å². The molecule has 4 rings (SSSR count). The van der Waals surface area contributed by atoms with Gasteiger partial charge in [-0.3, -0.25) is 4.90 Å². The molecule has 1 unspecified atom stereocenters. The molecule has 0 radical (unpaired) electrons. The van der Waals surface area contributed by atoms with Gasteiger partial charge in [-0.2, -0.15) is 0 Å². The summed E-state index contributed by atoms with van der Waals surface area (Å²) in [5, 5.41) is 0. The van der Waals surface area contributed by atoms with Crippen molar-refractivity contribution in [3.63, 3.8) is 0 Å². The number of pyridine rings is 1. The topological polar surface area (TPSA) is 25.4 Å². The highest BCUT2D eigenvalue weighted by Gasteiger charge is 2.27. The second-order valence-electron chi connectivity index (χ2n) is 6.07. The minimum Gasteiger partial charge on any atom is -0.357 e. The maximum atomic E-state index is 5.83. The van der Waals surface area contributed by atoms with Crippen molar-refractivity contribution in [3.8, 4) is 0 Å². The van der Waals surface area contributed by atoms with Crippen LogP contribution >= 0.6 is 0 Å². The molecule has 2 aromatic carbocycles. The molecule has 0 saturated carbocycles. The predicted molar refractivity (Wildman–Crippen MR) is 106 cm³/mol. The molecule has 0 amide bonds. The molecule has 0 aliphatic carbocycles. The summed E-state index contributed by atoms with van der Waals surface area (Å²) in [5.41, 5.74) is 4.51. The molecule has 1 aliphatic rings. The van der Waals surface area contributed by atoms with E-state index in [0.717, 1.165) is 22.7 Å². The lowest BCUT2D eigenvalue weighted by Crippen LogP contribution is -2.36. The summed E-state index contributed by atoms with van der Waals surface area (Å²) in [7, 11) is 1.73. The lowest BCUT2D eigenvalue weighted by atomic mass is 9.97. The molecule has 1 aromatic heterocycles. The monoisotopic (exact) mass is 340 g/mol. The molecule has 26 heavy (non-hydrogen) atoms. The van der Waals surface area contributed by atoms with Crippen LogP contribution in [0.1, 0.15) is 11.1 Å². The SMILES string of the molecule is COC1C=C(c2ccccc2)C=C(c2ccccc2)N1c1ccccn1. The quantitative estimate of drug-likeness (QED) is 0.668. The number of benzene rings is 2. The van der Waals surface area contributed by atoms with Crippen molar-refractivity contribution >= 4 is 17.1 Å². The van der Waals surface area contributed by atoms with Crippen molar-refractivity contribution in [1.29, 1.82) is 0 Å². The van der Waals surface area contributed by atoms with Gasteiger partial charge >= 0.3 is 0 Å². The van der Waals surface area contributed by atoms with Crippen LogP contribution in [-0.4, -0.2) is 18.3 Å². The molecule has 3 aromatic rings. The van der Waals surface area contributed by atoms with Crippen molar-refractivity contribution in [1.82, 2.24) is 4.98 Å². The van der Waals surface area contributed by atoms with Crippen molar-refractivity contribution in [2.75, 3.05) is 12.0 Å². The van der Waals surface area contributed by atoms with Crippen molar-refractivity contribution < 1.29 is 4.74 Å². The Morgan fingerprint density at radius 1 is 0.808 bits per heavy atom. The number of methoxy groups -OCH3 is 1. The third kappa shape index (κ3) is 3.17. The fraction of sp³-hybridized carbons (Fsp3) is 0.0870. The minimum atomic E-state index is -0.236. The first-order valence-electron chi connectivity index (χ1n) is 8.64. The second kappa shape index (κ2) is 7.38. The van der Waals surface area contributed by atoms with E-state index < -0.39 is 0 Å². The molecule has 3 nitrogen and oxygen atoms in total. The maximum Gasteiger partial charge on any atom is 0.155 e. The van der Waals surface area contributed by atoms with Gasteiger partial charge < -0.3 is 4.74 Å². The fourth-order valence-corrected chi connectivity index (χ4v) is 3.20. The average Bonchev–Trinajstić information content (AvgIpc) is 2.74. The molecule has 0 saturated heterocycles. The Balaban J connectivity index is 1.87. The average molecular weight is 340 g/mol. The third-order valence-corrected chi connectivity index (χ3v) is 4.44. The van der Waals surface area contributed by atoms with Gasteiger partial charge in [0.05, 0.1) is 5.70 Å². The zero-order chi connectivity index (χ0) is 17.8. The minimum absolute atomic E-state index is 0.236. The Morgan fingerprint density at radius 2 is 1.46 bits per heavy atom. The molecular formula is C23H20N2O. The van der Waals surface area contributed by atoms with E-state index in [1.807, 2.05) is 30.3 Å². The van der Waals surface area contributed by atoms with Crippen molar-refractivity contribution in [2.45, 2.75) is 6.23 Å². The highest BCUT2D eigenvalue weighted by Crippen LogP contribution is 2.35. The van der Waals surface area contributed by atoms with Gasteiger partial charge in [-0.15, -0.1) is 0 Å². The van der Waals surface area contributed by atoms with E-state index in [0.29, 0.717) is 0 Å². The number of allylic oxidation sites excluding steroid dienone is 2. The smallest absolute Gasteiger partial charge is 0.155 e. The molecule has 0 bridgehead atoms. The van der Waals surface area contributed by atoms with Crippen LogP contribution in [0.4, 0.5) is 5.82 Å². The van der Waals surface area contributed by atoms with E-state index in [1.54, 1.807) is 13.3 Å². The standard InChI is InChI=1S/C23H20N2O/c1-26-23-17-20(18-10-4-2-5-11-18)16-21(19-12-6-3-7-13-19)25(23)22-14-8-9-15-24-22/h2-17,23H,1H3. The molecular weight excluding hydrogens is 320 g/mol. The molecule has 3 heteroatoms. The lowest BCUT2D eigenvalue weighted by molar-refractivity contribution is 0.146. The highest BCUT2D eigenvalue weighted by atomic mass is 16.5. The normalized spacial score (nSPS) is 16.8. The lowest BCUT2D eigenvalue weighted by Gasteiger charge is -2.35. The Labute approximate surface area is 153 Å². The van der Waals surface area contributed by atoms with Gasteiger partial charge in [0.1, 0.15) is 5.82 Å². The summed E-state index contributed by atoms with van der Waals surface area (Å²) >= 11 is 0. The first kappa shape index (κ1) is 16.3. The number of hydrogen-bond donors (Lipinski definition) is 0. The first-order valence-corrected chi connectivity index (χ1v) is 8.64. The van der Waals surface area contributed by atoms with E-state index >= 15 is 0 Å². The third-order valence-electron chi connectivity index (χ3n) is 4.44. The van der Waals surface area contributed by atoms with E-state index in [9.17, 15) is 0 Å². The van der Waals surface area contributed by atoms with E-state index in [2.05, 4.69) is 70.6 Å². The molecule has 0 spiro atoms. The number of ether oxygens (including phenoxy) is 1. The highest BCUT2D eigenvalue weighted by molar-refractivity contribution is 5.92. The molecule has 0 fully saturated rings. The summed E-state index contributed by atoms with van der Waals surface area (Å²) < 4.78 is 5.83. The summed E-state index contributed by atoms with van der Waals surface area (Å²) in [6.07, 6.45) is 5.91. The number of hydrogen-bond acceptors (Lipinski definition) is 3. The molecule has 128 valence electrons. The van der Waals surface area contributed by atoms with Gasteiger partial charge in [-0.25, -0.2) is 4.98 Å². The fourth-order valence-electron chi connectivity index (χ4n) is 3.20. The Hall–Kier alpha value is -3.17. The van der Waals surface area contributed by atoms with E-state index in [4.69, 9.17) is 4.74 Å². The predicted octanol–water partition coefficient (Wildman–Crippen LogP) is 5.00. The second-order valence-corrected chi connectivity index (χ2v) is 6.07. The van der Waals surface area contributed by atoms with Crippen LogP contribution in [0.15, 0.2) is 97.2 Å². The van der Waals surface area contributed by atoms with Gasteiger partial charge in [-0.05, 0) is 41.0 Å². The van der Waals surface area contributed by atoms with Crippen LogP contribution in [-0.2, 0) is 4.74 Å². The number of nitrogens with zero attached hydrogens (tertiary/aromatic N) is 2. The van der Waals surface area contributed by atoms with Gasteiger partial charge in [0.15, 0.2) is 6.23 Å². The molecule has 1 aliphatic heterocycles. The summed E-state index contributed by atoms with van der Waals surface area (Å²) in [5.74, 6) is 0.859. The number of anilines is 1. The maximum absolute atomic E-state index is 5.83. The zero-order valence-electron chi connectivity index (χ0n) is 14.6. The number of aromatic nitrogens is 1. The Morgan fingerprint density at radius 3 is 2.08 bits per heavy atom. The zero-order valence-corrected chi connectivity index (χ0v) is 14.6. The summed E-state index contributed by atoms with van der Waals surface area (Å²) in [6.45, 7) is 0. The first-order chi connectivity index (χ1) is 12.9. The van der Waals surface area contributed by atoms with Crippen LogP contribution in [0.5, 0.6) is 0 Å². The molecule has 0 N–H and O–H groups in total. The van der Waals surface area contributed by atoms with Crippen LogP contribution < -0.4 is 4.90 Å². The van der Waals surface area contributed by atoms with Gasteiger partial charge in [0.2, 0.25) is 0 Å². The van der Waals surface area contributed by atoms with Crippen LogP contribution in [0, 0.1) is 0 Å².